The van der Waals surface area contributed by atoms with E-state index >= 15 is 0 Å². The molecule has 0 spiro atoms. The molecule has 0 unspecified atom stereocenters. The molecule has 136 valence electrons. The molecule has 1 aromatic carbocycles. The highest BCUT2D eigenvalue weighted by molar-refractivity contribution is 14.0. The van der Waals surface area contributed by atoms with E-state index in [2.05, 4.69) is 15.6 Å². The average molecular weight is 451 g/mol. The summed E-state index contributed by atoms with van der Waals surface area (Å²) in [5, 5.41) is 15.7. The summed E-state index contributed by atoms with van der Waals surface area (Å²) in [6.45, 7) is 2.09. The smallest absolute Gasteiger partial charge is 0.191 e. The van der Waals surface area contributed by atoms with Gasteiger partial charge in [0.05, 0.1) is 0 Å². The van der Waals surface area contributed by atoms with Gasteiger partial charge < -0.3 is 20.5 Å². The van der Waals surface area contributed by atoms with Crippen molar-refractivity contribution in [2.75, 3.05) is 27.3 Å². The average Bonchev–Trinajstić information content (AvgIpc) is 2.52. The largest absolute Gasteiger partial charge is 0.505 e. The van der Waals surface area contributed by atoms with Crippen LogP contribution in [0, 0.1) is 11.2 Å². The highest BCUT2D eigenvalue weighted by Gasteiger charge is 2.36. The number of phenolic OH excluding ortho intramolecular Hbond substituents is 1. The molecule has 0 aliphatic heterocycles. The molecule has 1 aromatic rings. The Morgan fingerprint density at radius 1 is 1.38 bits per heavy atom. The van der Waals surface area contributed by atoms with Gasteiger partial charge in [-0.1, -0.05) is 12.5 Å². The van der Waals surface area contributed by atoms with Crippen LogP contribution in [0.1, 0.15) is 31.2 Å². The number of hydrogen-bond donors (Lipinski definition) is 3. The van der Waals surface area contributed by atoms with Crippen molar-refractivity contribution in [1.29, 1.82) is 0 Å². The molecule has 3 N–H and O–H groups in total. The number of aliphatic imine (C=N–C) groups is 1. The van der Waals surface area contributed by atoms with Gasteiger partial charge in [-0.15, -0.1) is 24.0 Å². The van der Waals surface area contributed by atoms with E-state index in [-0.39, 0.29) is 29.7 Å². The fourth-order valence-corrected chi connectivity index (χ4v) is 2.85. The maximum absolute atomic E-state index is 13.3. The van der Waals surface area contributed by atoms with Crippen molar-refractivity contribution < 1.29 is 14.2 Å². The van der Waals surface area contributed by atoms with E-state index in [1.165, 1.54) is 31.4 Å². The molecule has 1 fully saturated rings. The van der Waals surface area contributed by atoms with Gasteiger partial charge in [-0.25, -0.2) is 4.39 Å². The molecule has 7 heteroatoms. The van der Waals surface area contributed by atoms with E-state index in [0.29, 0.717) is 17.9 Å². The highest BCUT2D eigenvalue weighted by Crippen LogP contribution is 2.43. The van der Waals surface area contributed by atoms with E-state index in [4.69, 9.17) is 4.74 Å². The monoisotopic (exact) mass is 451 g/mol. The first-order valence-electron chi connectivity index (χ1n) is 7.99. The molecule has 0 saturated heterocycles. The van der Waals surface area contributed by atoms with Gasteiger partial charge in [0.15, 0.2) is 17.5 Å². The van der Waals surface area contributed by atoms with Crippen LogP contribution in [0.4, 0.5) is 4.39 Å². The van der Waals surface area contributed by atoms with E-state index in [1.807, 2.05) is 0 Å². The molecule has 24 heavy (non-hydrogen) atoms. The van der Waals surface area contributed by atoms with Crippen molar-refractivity contribution in [3.63, 3.8) is 0 Å². The highest BCUT2D eigenvalue weighted by atomic mass is 127. The minimum absolute atomic E-state index is 0. The summed E-state index contributed by atoms with van der Waals surface area (Å²) >= 11 is 0. The normalized spacial score (nSPS) is 16.0. The summed E-state index contributed by atoms with van der Waals surface area (Å²) in [6, 6.07) is 4.36. The lowest BCUT2D eigenvalue weighted by molar-refractivity contribution is 0.0732. The van der Waals surface area contributed by atoms with Crippen molar-refractivity contribution in [2.45, 2.75) is 32.2 Å². The fraction of sp³-hybridized carbons (Fsp3) is 0.588. The molecular formula is C17H27FIN3O2. The quantitative estimate of drug-likeness (QED) is 0.339. The van der Waals surface area contributed by atoms with Crippen LogP contribution in [-0.2, 0) is 11.3 Å². The summed E-state index contributed by atoms with van der Waals surface area (Å²) in [4.78, 5) is 4.20. The summed E-state index contributed by atoms with van der Waals surface area (Å²) in [7, 11) is 3.45. The van der Waals surface area contributed by atoms with Gasteiger partial charge in [0, 0.05) is 33.9 Å². The van der Waals surface area contributed by atoms with Crippen LogP contribution in [0.25, 0.3) is 0 Å². The number of hydrogen-bond acceptors (Lipinski definition) is 3. The topological polar surface area (TPSA) is 65.9 Å². The predicted molar refractivity (Wildman–Crippen MR) is 104 cm³/mol. The Labute approximate surface area is 160 Å². The molecule has 5 nitrogen and oxygen atoms in total. The lowest BCUT2D eigenvalue weighted by Crippen LogP contribution is -2.46. The molecule has 0 bridgehead atoms. The van der Waals surface area contributed by atoms with Gasteiger partial charge in [0.25, 0.3) is 0 Å². The molecule has 0 heterocycles. The van der Waals surface area contributed by atoms with E-state index in [9.17, 15) is 9.50 Å². The zero-order chi connectivity index (χ0) is 16.7. The molecule has 0 aromatic heterocycles. The van der Waals surface area contributed by atoms with Crippen LogP contribution in [0.2, 0.25) is 0 Å². The Bertz CT molecular complexity index is 551. The minimum Gasteiger partial charge on any atom is -0.505 e. The lowest BCUT2D eigenvalue weighted by atomic mass is 9.67. The number of ether oxygens (including phenoxy) is 1. The molecule has 1 saturated carbocycles. The second kappa shape index (κ2) is 10.0. The zero-order valence-electron chi connectivity index (χ0n) is 14.3. The van der Waals surface area contributed by atoms with Gasteiger partial charge in [0.2, 0.25) is 0 Å². The number of guanidine groups is 1. The summed E-state index contributed by atoms with van der Waals surface area (Å²) in [5.74, 6) is -0.247. The number of benzene rings is 1. The molecule has 1 aliphatic rings. The molecule has 1 aliphatic carbocycles. The maximum Gasteiger partial charge on any atom is 0.191 e. The first kappa shape index (κ1) is 21.0. The molecule has 0 atom stereocenters. The van der Waals surface area contributed by atoms with Gasteiger partial charge in [0.1, 0.15) is 0 Å². The van der Waals surface area contributed by atoms with Crippen LogP contribution in [0.5, 0.6) is 5.75 Å². The third-order valence-corrected chi connectivity index (χ3v) is 4.58. The van der Waals surface area contributed by atoms with Crippen molar-refractivity contribution in [3.8, 4) is 5.75 Å². The summed E-state index contributed by atoms with van der Waals surface area (Å²) in [5.41, 5.74) is 1.05. The molecular weight excluding hydrogens is 424 g/mol. The van der Waals surface area contributed by atoms with Crippen LogP contribution in [0.3, 0.4) is 0 Å². The zero-order valence-corrected chi connectivity index (χ0v) is 16.6. The van der Waals surface area contributed by atoms with Crippen LogP contribution < -0.4 is 10.6 Å². The van der Waals surface area contributed by atoms with Crippen LogP contribution >= 0.6 is 24.0 Å². The van der Waals surface area contributed by atoms with Gasteiger partial charge in [-0.05, 0) is 42.4 Å². The Kier molecular flexibility index (Phi) is 8.75. The number of methoxy groups -OCH3 is 1. The third-order valence-electron chi connectivity index (χ3n) is 4.58. The number of nitrogens with zero attached hydrogens (tertiary/aromatic N) is 1. The second-order valence-electron chi connectivity index (χ2n) is 6.16. The lowest BCUT2D eigenvalue weighted by Gasteiger charge is -2.42. The fourth-order valence-electron chi connectivity index (χ4n) is 2.85. The van der Waals surface area contributed by atoms with E-state index in [0.717, 1.165) is 25.1 Å². The molecule has 0 radical (unpaired) electrons. The van der Waals surface area contributed by atoms with Crippen molar-refractivity contribution in [2.24, 2.45) is 10.4 Å². The van der Waals surface area contributed by atoms with Crippen LogP contribution in [-0.4, -0.2) is 38.4 Å². The molecule has 0 amide bonds. The summed E-state index contributed by atoms with van der Waals surface area (Å²) in [6.07, 6.45) is 4.74. The number of halogens is 2. The van der Waals surface area contributed by atoms with Gasteiger partial charge in [-0.2, -0.15) is 0 Å². The maximum atomic E-state index is 13.3. The Morgan fingerprint density at radius 2 is 2.12 bits per heavy atom. The second-order valence-corrected chi connectivity index (χ2v) is 6.16. The Hall–Kier alpha value is -1.09. The third kappa shape index (κ3) is 5.77. The van der Waals surface area contributed by atoms with Crippen LogP contribution in [0.15, 0.2) is 23.2 Å². The Morgan fingerprint density at radius 3 is 2.67 bits per heavy atom. The van der Waals surface area contributed by atoms with Crippen molar-refractivity contribution >= 4 is 29.9 Å². The predicted octanol–water partition coefficient (Wildman–Crippen LogP) is 3.02. The first-order valence-corrected chi connectivity index (χ1v) is 7.99. The SMILES string of the molecule is CN=C(NCc1ccc(O)c(F)c1)NCC1(CCOC)CCC1.I. The minimum atomic E-state index is -0.611. The van der Waals surface area contributed by atoms with Gasteiger partial charge in [-0.3, -0.25) is 4.99 Å². The van der Waals surface area contributed by atoms with Crippen molar-refractivity contribution in [3.05, 3.63) is 29.6 Å². The summed E-state index contributed by atoms with van der Waals surface area (Å²) < 4.78 is 18.5. The first-order chi connectivity index (χ1) is 11.1. The number of nitrogens with one attached hydrogen (secondary N) is 2. The molecule has 2 rings (SSSR count). The Balaban J connectivity index is 0.00000288. The van der Waals surface area contributed by atoms with E-state index < -0.39 is 5.82 Å². The number of aromatic hydroxyl groups is 1. The number of phenols is 1. The number of rotatable bonds is 7. The standard InChI is InChI=1S/C17H26FN3O2.HI/c1-19-16(20-11-13-4-5-15(22)14(18)10-13)21-12-17(6-3-7-17)8-9-23-2;/h4-5,10,22H,3,6-9,11-12H2,1-2H3,(H2,19,20,21);1H. The van der Waals surface area contributed by atoms with Gasteiger partial charge >= 0.3 is 0 Å². The van der Waals surface area contributed by atoms with E-state index in [1.54, 1.807) is 20.2 Å². The van der Waals surface area contributed by atoms with Crippen molar-refractivity contribution in [1.82, 2.24) is 10.6 Å².